The summed E-state index contributed by atoms with van der Waals surface area (Å²) in [6.45, 7) is 0.435. The average molecular weight is 265 g/mol. The molecule has 0 aliphatic heterocycles. The molecule has 20 heavy (non-hydrogen) atoms. The molecule has 0 aliphatic rings. The van der Waals surface area contributed by atoms with Gasteiger partial charge >= 0.3 is 0 Å². The molecule has 0 saturated heterocycles. The highest BCUT2D eigenvalue weighted by Crippen LogP contribution is 2.13. The molecule has 2 aromatic carbocycles. The van der Waals surface area contributed by atoms with E-state index >= 15 is 0 Å². The van der Waals surface area contributed by atoms with Crippen molar-refractivity contribution in [2.45, 2.75) is 13.0 Å². The Balaban J connectivity index is 2.03. The maximum Gasteiger partial charge on any atom is 0.124 e. The van der Waals surface area contributed by atoms with Crippen molar-refractivity contribution in [2.24, 2.45) is 0 Å². The van der Waals surface area contributed by atoms with Crippen LogP contribution in [0.5, 0.6) is 0 Å². The van der Waals surface area contributed by atoms with Gasteiger partial charge in [0, 0.05) is 12.2 Å². The average Bonchev–Trinajstić information content (AvgIpc) is 2.46. The largest absolute Gasteiger partial charge is 0.381 e. The molecular weight excluding hydrogens is 253 g/mol. The summed E-state index contributed by atoms with van der Waals surface area (Å²) in [7, 11) is 0. The van der Waals surface area contributed by atoms with E-state index < -0.39 is 5.82 Å². The summed E-state index contributed by atoms with van der Waals surface area (Å²) < 4.78 is 13.3. The van der Waals surface area contributed by atoms with Crippen LogP contribution in [0.1, 0.15) is 16.7 Å². The predicted molar refractivity (Wildman–Crippen MR) is 74.2 cm³/mol. The van der Waals surface area contributed by atoms with Crippen LogP contribution in [0.3, 0.4) is 0 Å². The van der Waals surface area contributed by atoms with Crippen LogP contribution < -0.4 is 5.32 Å². The summed E-state index contributed by atoms with van der Waals surface area (Å²) in [5.74, 6) is -0.412. The van der Waals surface area contributed by atoms with Gasteiger partial charge in [0.25, 0.3) is 0 Å². The smallest absolute Gasteiger partial charge is 0.124 e. The van der Waals surface area contributed by atoms with E-state index in [1.807, 2.05) is 30.3 Å². The Morgan fingerprint density at radius 1 is 1.00 bits per heavy atom. The zero-order valence-electron chi connectivity index (χ0n) is 10.7. The van der Waals surface area contributed by atoms with Gasteiger partial charge in [0.15, 0.2) is 0 Å². The van der Waals surface area contributed by atoms with Gasteiger partial charge in [-0.15, -0.1) is 0 Å². The molecule has 0 aromatic heterocycles. The Bertz CT molecular complexity index is 678. The van der Waals surface area contributed by atoms with Gasteiger partial charge in [-0.05, 0) is 41.5 Å². The van der Waals surface area contributed by atoms with E-state index in [1.54, 1.807) is 6.07 Å². The molecule has 0 aliphatic carbocycles. The van der Waals surface area contributed by atoms with Crippen molar-refractivity contribution in [1.29, 1.82) is 10.5 Å². The van der Waals surface area contributed by atoms with Crippen LogP contribution >= 0.6 is 0 Å². The number of hydrogen-bond acceptors (Lipinski definition) is 3. The number of benzene rings is 2. The number of halogens is 1. The van der Waals surface area contributed by atoms with Gasteiger partial charge in [-0.25, -0.2) is 4.39 Å². The van der Waals surface area contributed by atoms with Crippen molar-refractivity contribution >= 4 is 5.69 Å². The molecule has 98 valence electrons. The fraction of sp³-hybridized carbons (Fsp3) is 0.125. The fourth-order valence-corrected chi connectivity index (χ4v) is 1.85. The Hall–Kier alpha value is -2.85. The normalized spacial score (nSPS) is 9.55. The minimum absolute atomic E-state index is 0.311. The molecule has 2 aromatic rings. The molecule has 0 amide bonds. The minimum atomic E-state index is -0.412. The summed E-state index contributed by atoms with van der Waals surface area (Å²) in [4.78, 5) is 0. The highest BCUT2D eigenvalue weighted by atomic mass is 19.1. The quantitative estimate of drug-likeness (QED) is 0.921. The second-order valence-corrected chi connectivity index (χ2v) is 4.35. The first kappa shape index (κ1) is 13.6. The molecule has 0 radical (unpaired) electrons. The Morgan fingerprint density at radius 3 is 2.40 bits per heavy atom. The van der Waals surface area contributed by atoms with Gasteiger partial charge in [-0.1, -0.05) is 12.1 Å². The zero-order chi connectivity index (χ0) is 14.4. The molecule has 0 unspecified atom stereocenters. The lowest BCUT2D eigenvalue weighted by Crippen LogP contribution is -2.00. The van der Waals surface area contributed by atoms with E-state index in [2.05, 4.69) is 11.4 Å². The maximum atomic E-state index is 13.3. The number of anilines is 1. The zero-order valence-corrected chi connectivity index (χ0v) is 10.7. The van der Waals surface area contributed by atoms with Gasteiger partial charge in [0.2, 0.25) is 0 Å². The van der Waals surface area contributed by atoms with Crippen molar-refractivity contribution < 1.29 is 4.39 Å². The lowest BCUT2D eigenvalue weighted by Gasteiger charge is -2.07. The number of rotatable bonds is 4. The van der Waals surface area contributed by atoms with E-state index in [9.17, 15) is 4.39 Å². The van der Waals surface area contributed by atoms with Crippen molar-refractivity contribution in [1.82, 2.24) is 0 Å². The van der Waals surface area contributed by atoms with Crippen LogP contribution in [0.2, 0.25) is 0 Å². The first-order chi connectivity index (χ1) is 9.71. The second-order valence-electron chi connectivity index (χ2n) is 4.35. The van der Waals surface area contributed by atoms with Crippen LogP contribution in [0.15, 0.2) is 42.5 Å². The lowest BCUT2D eigenvalue weighted by atomic mass is 10.1. The van der Waals surface area contributed by atoms with Crippen molar-refractivity contribution in [3.8, 4) is 12.1 Å². The van der Waals surface area contributed by atoms with Gasteiger partial charge < -0.3 is 5.32 Å². The molecule has 0 atom stereocenters. The third-order valence-corrected chi connectivity index (χ3v) is 2.82. The first-order valence-electron chi connectivity index (χ1n) is 6.10. The SMILES string of the molecule is N#CCc1ccc(NCc2cc(F)cc(C#N)c2)cc1. The Kier molecular flexibility index (Phi) is 4.32. The summed E-state index contributed by atoms with van der Waals surface area (Å²) in [5.41, 5.74) is 2.86. The fourth-order valence-electron chi connectivity index (χ4n) is 1.85. The van der Waals surface area contributed by atoms with Gasteiger partial charge in [0.1, 0.15) is 5.82 Å². The van der Waals surface area contributed by atoms with Gasteiger partial charge in [-0.2, -0.15) is 10.5 Å². The number of nitrogens with one attached hydrogen (secondary N) is 1. The first-order valence-corrected chi connectivity index (χ1v) is 6.10. The van der Waals surface area contributed by atoms with Crippen LogP contribution in [0, 0.1) is 28.5 Å². The monoisotopic (exact) mass is 265 g/mol. The van der Waals surface area contributed by atoms with Crippen LogP contribution in [0.25, 0.3) is 0 Å². The number of hydrogen-bond donors (Lipinski definition) is 1. The van der Waals surface area contributed by atoms with Crippen molar-refractivity contribution in [3.63, 3.8) is 0 Å². The molecule has 0 fully saturated rings. The third kappa shape index (κ3) is 3.57. The van der Waals surface area contributed by atoms with Crippen LogP contribution in [-0.4, -0.2) is 0 Å². The van der Waals surface area contributed by atoms with E-state index in [1.165, 1.54) is 12.1 Å². The maximum absolute atomic E-state index is 13.3. The van der Waals surface area contributed by atoms with E-state index in [-0.39, 0.29) is 0 Å². The summed E-state index contributed by atoms with van der Waals surface area (Å²) >= 11 is 0. The van der Waals surface area contributed by atoms with E-state index in [0.717, 1.165) is 11.3 Å². The summed E-state index contributed by atoms with van der Waals surface area (Å²) in [6.07, 6.45) is 0.385. The molecule has 0 bridgehead atoms. The molecule has 0 saturated carbocycles. The second kappa shape index (κ2) is 6.36. The minimum Gasteiger partial charge on any atom is -0.381 e. The summed E-state index contributed by atoms with van der Waals surface area (Å²) in [5, 5.41) is 20.5. The Morgan fingerprint density at radius 2 is 1.75 bits per heavy atom. The van der Waals surface area contributed by atoms with Crippen LogP contribution in [0.4, 0.5) is 10.1 Å². The van der Waals surface area contributed by atoms with E-state index in [0.29, 0.717) is 24.1 Å². The van der Waals surface area contributed by atoms with Crippen molar-refractivity contribution in [2.75, 3.05) is 5.32 Å². The molecule has 4 heteroatoms. The van der Waals surface area contributed by atoms with Crippen molar-refractivity contribution in [3.05, 3.63) is 65.0 Å². The van der Waals surface area contributed by atoms with Gasteiger partial charge in [-0.3, -0.25) is 0 Å². The predicted octanol–water partition coefficient (Wildman–Crippen LogP) is 3.38. The standard InChI is InChI=1S/C16H12FN3/c17-15-8-13(10-19)7-14(9-15)11-20-16-3-1-12(2-4-16)5-6-18/h1-4,7-9,20H,5,11H2. The molecular formula is C16H12FN3. The molecule has 0 heterocycles. The third-order valence-electron chi connectivity index (χ3n) is 2.82. The number of nitrogens with zero attached hydrogens (tertiary/aromatic N) is 2. The number of nitriles is 2. The molecule has 0 spiro atoms. The summed E-state index contributed by atoms with van der Waals surface area (Å²) in [6, 6.07) is 15.8. The lowest BCUT2D eigenvalue weighted by molar-refractivity contribution is 0.625. The van der Waals surface area contributed by atoms with E-state index in [4.69, 9.17) is 10.5 Å². The highest BCUT2D eigenvalue weighted by Gasteiger charge is 2.01. The highest BCUT2D eigenvalue weighted by molar-refractivity contribution is 5.46. The Labute approximate surface area is 116 Å². The molecule has 1 N–H and O–H groups in total. The molecule has 3 nitrogen and oxygen atoms in total. The molecule has 2 rings (SSSR count). The topological polar surface area (TPSA) is 59.6 Å². The van der Waals surface area contributed by atoms with Gasteiger partial charge in [0.05, 0.1) is 24.1 Å². The van der Waals surface area contributed by atoms with Crippen LogP contribution in [-0.2, 0) is 13.0 Å².